The van der Waals surface area contributed by atoms with E-state index in [1.807, 2.05) is 25.1 Å². The maximum atomic E-state index is 12.3. The normalized spacial score (nSPS) is 19.3. The first-order valence-electron chi connectivity index (χ1n) is 5.46. The number of hydrogen-bond acceptors (Lipinski definition) is 3. The molecule has 2 aromatic rings. The van der Waals surface area contributed by atoms with Gasteiger partial charge in [-0.1, -0.05) is 15.9 Å². The molecule has 1 unspecified atom stereocenters. The Morgan fingerprint density at radius 2 is 2.35 bits per heavy atom. The van der Waals surface area contributed by atoms with Crippen molar-refractivity contribution < 1.29 is 4.74 Å². The lowest BCUT2D eigenvalue weighted by Gasteiger charge is -2.23. The van der Waals surface area contributed by atoms with Gasteiger partial charge in [0.15, 0.2) is 0 Å². The summed E-state index contributed by atoms with van der Waals surface area (Å²) in [6, 6.07) is 5.53. The van der Waals surface area contributed by atoms with Gasteiger partial charge in [0.25, 0.3) is 5.56 Å². The van der Waals surface area contributed by atoms with Gasteiger partial charge >= 0.3 is 0 Å². The number of nitrogens with zero attached hydrogens (tertiary/aromatic N) is 2. The van der Waals surface area contributed by atoms with E-state index in [-0.39, 0.29) is 11.7 Å². The van der Waals surface area contributed by atoms with Crippen molar-refractivity contribution in [3.8, 4) is 0 Å². The Labute approximate surface area is 106 Å². The third-order valence-electron chi connectivity index (χ3n) is 2.93. The van der Waals surface area contributed by atoms with Crippen LogP contribution in [-0.2, 0) is 17.9 Å². The summed E-state index contributed by atoms with van der Waals surface area (Å²) in [5.74, 6) is 0.707. The third kappa shape index (κ3) is 1.79. The molecule has 1 aromatic carbocycles. The molecular weight excluding hydrogens is 284 g/mol. The Morgan fingerprint density at radius 1 is 1.53 bits per heavy atom. The first-order chi connectivity index (χ1) is 8.15. The Morgan fingerprint density at radius 3 is 3.18 bits per heavy atom. The third-order valence-corrected chi connectivity index (χ3v) is 3.43. The molecule has 1 aromatic heterocycles. The van der Waals surface area contributed by atoms with Gasteiger partial charge in [-0.15, -0.1) is 0 Å². The van der Waals surface area contributed by atoms with Gasteiger partial charge in [-0.3, -0.25) is 9.36 Å². The molecule has 5 heteroatoms. The van der Waals surface area contributed by atoms with E-state index >= 15 is 0 Å². The van der Waals surface area contributed by atoms with Crippen LogP contribution in [0.25, 0.3) is 10.9 Å². The summed E-state index contributed by atoms with van der Waals surface area (Å²) in [4.78, 5) is 16.8. The highest BCUT2D eigenvalue weighted by Gasteiger charge is 2.19. The lowest BCUT2D eigenvalue weighted by molar-refractivity contribution is 0.0117. The molecular formula is C12H11BrN2O2. The van der Waals surface area contributed by atoms with Crippen LogP contribution in [0.4, 0.5) is 0 Å². The molecule has 0 saturated heterocycles. The maximum absolute atomic E-state index is 12.3. The van der Waals surface area contributed by atoms with Crippen LogP contribution in [0.15, 0.2) is 27.5 Å². The van der Waals surface area contributed by atoms with E-state index in [9.17, 15) is 4.79 Å². The fourth-order valence-electron chi connectivity index (χ4n) is 2.07. The summed E-state index contributed by atoms with van der Waals surface area (Å²) in [6.07, 6.45) is 0.0647. The molecule has 4 nitrogen and oxygen atoms in total. The Hall–Kier alpha value is -1.20. The first kappa shape index (κ1) is 10.9. The summed E-state index contributed by atoms with van der Waals surface area (Å²) in [5.41, 5.74) is 0.737. The van der Waals surface area contributed by atoms with Gasteiger partial charge in [0, 0.05) is 4.47 Å². The second kappa shape index (κ2) is 3.92. The fourth-order valence-corrected chi connectivity index (χ4v) is 2.41. The fraction of sp³-hybridized carbons (Fsp3) is 0.333. The van der Waals surface area contributed by atoms with Crippen LogP contribution >= 0.6 is 15.9 Å². The van der Waals surface area contributed by atoms with Crippen molar-refractivity contribution in [2.45, 2.75) is 26.2 Å². The predicted octanol–water partition coefficient (Wildman–Crippen LogP) is 2.08. The van der Waals surface area contributed by atoms with E-state index in [2.05, 4.69) is 20.9 Å². The predicted molar refractivity (Wildman–Crippen MR) is 68.0 cm³/mol. The molecule has 0 saturated carbocycles. The average molecular weight is 295 g/mol. The molecule has 0 spiro atoms. The Balaban J connectivity index is 2.32. The molecule has 3 rings (SSSR count). The maximum Gasteiger partial charge on any atom is 0.261 e. The van der Waals surface area contributed by atoms with Crippen molar-refractivity contribution in [2.75, 3.05) is 0 Å². The molecule has 0 radical (unpaired) electrons. The van der Waals surface area contributed by atoms with E-state index in [4.69, 9.17) is 4.74 Å². The summed E-state index contributed by atoms with van der Waals surface area (Å²) in [7, 11) is 0. The van der Waals surface area contributed by atoms with Gasteiger partial charge in [0.05, 0.1) is 23.6 Å². The minimum absolute atomic E-state index is 0.0210. The van der Waals surface area contributed by atoms with Gasteiger partial charge in [0.1, 0.15) is 12.4 Å². The van der Waals surface area contributed by atoms with Gasteiger partial charge in [-0.05, 0) is 25.1 Å². The molecule has 1 aliphatic heterocycles. The molecule has 88 valence electrons. The van der Waals surface area contributed by atoms with Crippen LogP contribution in [0, 0.1) is 0 Å². The van der Waals surface area contributed by atoms with Crippen LogP contribution in [0.2, 0.25) is 0 Å². The van der Waals surface area contributed by atoms with Crippen molar-refractivity contribution in [2.24, 2.45) is 0 Å². The number of benzene rings is 1. The summed E-state index contributed by atoms with van der Waals surface area (Å²) in [6.45, 7) is 2.94. The van der Waals surface area contributed by atoms with Crippen LogP contribution in [-0.4, -0.2) is 15.7 Å². The van der Waals surface area contributed by atoms with Crippen LogP contribution in [0.5, 0.6) is 0 Å². The summed E-state index contributed by atoms with van der Waals surface area (Å²) >= 11 is 3.38. The monoisotopic (exact) mass is 294 g/mol. The molecule has 0 aliphatic carbocycles. The quantitative estimate of drug-likeness (QED) is 0.747. The Kier molecular flexibility index (Phi) is 2.52. The SMILES string of the molecule is CC1Cn2c(nc3cc(Br)ccc3c2=O)CO1. The molecule has 0 bridgehead atoms. The van der Waals surface area contributed by atoms with Crippen LogP contribution in [0.1, 0.15) is 12.7 Å². The molecule has 0 amide bonds. The first-order valence-corrected chi connectivity index (χ1v) is 6.25. The zero-order chi connectivity index (χ0) is 12.0. The van der Waals surface area contributed by atoms with Crippen molar-refractivity contribution in [1.29, 1.82) is 0 Å². The second-order valence-electron chi connectivity index (χ2n) is 4.23. The zero-order valence-electron chi connectivity index (χ0n) is 9.31. The highest BCUT2D eigenvalue weighted by Crippen LogP contribution is 2.18. The van der Waals surface area contributed by atoms with Crippen LogP contribution in [0.3, 0.4) is 0 Å². The average Bonchev–Trinajstić information content (AvgIpc) is 2.30. The Bertz CT molecular complexity index is 651. The molecule has 1 aliphatic rings. The van der Waals surface area contributed by atoms with Gasteiger partial charge in [-0.25, -0.2) is 4.98 Å². The van der Waals surface area contributed by atoms with Crippen molar-refractivity contribution >= 4 is 26.8 Å². The van der Waals surface area contributed by atoms with E-state index < -0.39 is 0 Å². The number of aromatic nitrogens is 2. The molecule has 2 heterocycles. The number of hydrogen-bond donors (Lipinski definition) is 0. The van der Waals surface area contributed by atoms with E-state index in [0.29, 0.717) is 29.9 Å². The number of halogens is 1. The summed E-state index contributed by atoms with van der Waals surface area (Å²) < 4.78 is 8.14. The van der Waals surface area contributed by atoms with Gasteiger partial charge in [0.2, 0.25) is 0 Å². The van der Waals surface area contributed by atoms with Crippen molar-refractivity contribution in [1.82, 2.24) is 9.55 Å². The molecule has 0 N–H and O–H groups in total. The lowest BCUT2D eigenvalue weighted by Crippen LogP contribution is -2.35. The van der Waals surface area contributed by atoms with E-state index in [1.54, 1.807) is 4.57 Å². The minimum Gasteiger partial charge on any atom is -0.369 e. The number of rotatable bonds is 0. The zero-order valence-corrected chi connectivity index (χ0v) is 10.9. The summed E-state index contributed by atoms with van der Waals surface area (Å²) in [5, 5.41) is 0.658. The number of fused-ring (bicyclic) bond motifs is 2. The smallest absolute Gasteiger partial charge is 0.261 e. The van der Waals surface area contributed by atoms with Crippen LogP contribution < -0.4 is 5.56 Å². The van der Waals surface area contributed by atoms with Gasteiger partial charge < -0.3 is 4.74 Å². The second-order valence-corrected chi connectivity index (χ2v) is 5.14. The minimum atomic E-state index is 0.0210. The molecule has 0 fully saturated rings. The lowest BCUT2D eigenvalue weighted by atomic mass is 10.2. The van der Waals surface area contributed by atoms with Crippen molar-refractivity contribution in [3.05, 3.63) is 38.9 Å². The highest BCUT2D eigenvalue weighted by atomic mass is 79.9. The van der Waals surface area contributed by atoms with E-state index in [0.717, 1.165) is 4.47 Å². The number of ether oxygens (including phenoxy) is 1. The van der Waals surface area contributed by atoms with Gasteiger partial charge in [-0.2, -0.15) is 0 Å². The molecule has 1 atom stereocenters. The van der Waals surface area contributed by atoms with Crippen molar-refractivity contribution in [3.63, 3.8) is 0 Å². The highest BCUT2D eigenvalue weighted by molar-refractivity contribution is 9.10. The standard InChI is InChI=1S/C12H11BrN2O2/c1-7-5-15-11(6-17-7)14-10-4-8(13)2-3-9(10)12(15)16/h2-4,7H,5-6H2,1H3. The van der Waals surface area contributed by atoms with E-state index in [1.165, 1.54) is 0 Å². The largest absolute Gasteiger partial charge is 0.369 e. The topological polar surface area (TPSA) is 44.1 Å². The molecule has 17 heavy (non-hydrogen) atoms.